The molecule has 0 radical (unpaired) electrons. The lowest BCUT2D eigenvalue weighted by Crippen LogP contribution is -3.00. The molecule has 0 bridgehead atoms. The largest absolute Gasteiger partial charge is 1.00 e. The van der Waals surface area contributed by atoms with Crippen LogP contribution in [0, 0.1) is 0 Å². The van der Waals surface area contributed by atoms with Crippen LogP contribution in [0.1, 0.15) is 12.8 Å². The molecule has 0 saturated carbocycles. The fourth-order valence-corrected chi connectivity index (χ4v) is 8.88. The Hall–Kier alpha value is -1.25. The molecule has 3 aromatic rings. The van der Waals surface area contributed by atoms with Crippen molar-refractivity contribution in [3.8, 4) is 0 Å². The highest BCUT2D eigenvalue weighted by Crippen LogP contribution is 2.55. The van der Waals surface area contributed by atoms with Gasteiger partial charge in [0.05, 0.1) is 6.16 Å². The first-order valence-electron chi connectivity index (χ1n) is 10.2. The lowest BCUT2D eigenvalue weighted by Gasteiger charge is -2.28. The lowest BCUT2D eigenvalue weighted by molar-refractivity contribution is -0.00000687. The summed E-state index contributed by atoms with van der Waals surface area (Å²) in [7, 11) is -3.11. The van der Waals surface area contributed by atoms with E-state index in [4.69, 9.17) is 4.43 Å². The zero-order chi connectivity index (χ0) is 19.9. The Morgan fingerprint density at radius 2 is 1.00 bits per heavy atom. The highest BCUT2D eigenvalue weighted by Gasteiger charge is 2.44. The number of unbranched alkanes of at least 4 members (excludes halogenated alkanes) is 1. The Balaban J connectivity index is 0.00000300. The van der Waals surface area contributed by atoms with E-state index in [2.05, 4.69) is 111 Å². The molecule has 0 amide bonds. The molecular weight excluding hydrogens is 455 g/mol. The van der Waals surface area contributed by atoms with E-state index in [9.17, 15) is 0 Å². The summed E-state index contributed by atoms with van der Waals surface area (Å²) in [5.74, 6) is 0. The van der Waals surface area contributed by atoms with E-state index in [0.29, 0.717) is 0 Å². The normalized spacial score (nSPS) is 11.7. The minimum Gasteiger partial charge on any atom is -1.00 e. The maximum absolute atomic E-state index is 6.11. The van der Waals surface area contributed by atoms with Gasteiger partial charge in [0, 0.05) is 6.61 Å². The van der Waals surface area contributed by atoms with Crippen molar-refractivity contribution in [1.29, 1.82) is 0 Å². The van der Waals surface area contributed by atoms with Crippen molar-refractivity contribution in [2.75, 3.05) is 12.8 Å². The standard InChI is InChI=1S/C25H32OPSi.BrH/c1-28(2,3)26-21-13-14-22-27(23-15-7-4-8-16-23,24-17-9-5-10-18-24)25-19-11-6-12-20-25;/h4-12,15-20H,13-14,21-22H2,1-3H3;1H/q+1;/p-1. The fraction of sp³-hybridized carbons (Fsp3) is 0.280. The SMILES string of the molecule is C[Si](C)(C)OCCCC[P+](c1ccccc1)(c1ccccc1)c1ccccc1.[Br-]. The summed E-state index contributed by atoms with van der Waals surface area (Å²) in [6.07, 6.45) is 3.48. The van der Waals surface area contributed by atoms with Crippen molar-refractivity contribution < 1.29 is 21.4 Å². The average Bonchev–Trinajstić information content (AvgIpc) is 2.72. The van der Waals surface area contributed by atoms with Crippen LogP contribution in [0.3, 0.4) is 0 Å². The molecule has 0 aliphatic rings. The second-order valence-corrected chi connectivity index (χ2v) is 16.3. The van der Waals surface area contributed by atoms with Crippen molar-refractivity contribution in [1.82, 2.24) is 0 Å². The molecule has 3 rings (SSSR count). The first-order chi connectivity index (χ1) is 13.5. The van der Waals surface area contributed by atoms with Gasteiger partial charge in [0.25, 0.3) is 0 Å². The van der Waals surface area contributed by atoms with Crippen LogP contribution in [-0.2, 0) is 4.43 Å². The van der Waals surface area contributed by atoms with Gasteiger partial charge in [0.15, 0.2) is 8.32 Å². The molecule has 0 unspecified atom stereocenters. The predicted molar refractivity (Wildman–Crippen MR) is 129 cm³/mol. The first-order valence-corrected chi connectivity index (χ1v) is 15.6. The maximum atomic E-state index is 6.11. The van der Waals surface area contributed by atoms with Crippen molar-refractivity contribution in [2.45, 2.75) is 32.5 Å². The van der Waals surface area contributed by atoms with Gasteiger partial charge in [-0.1, -0.05) is 54.6 Å². The molecule has 154 valence electrons. The number of hydrogen-bond donors (Lipinski definition) is 0. The van der Waals surface area contributed by atoms with Crippen LogP contribution in [0.2, 0.25) is 19.6 Å². The molecule has 0 saturated heterocycles. The van der Waals surface area contributed by atoms with Crippen LogP contribution in [0.5, 0.6) is 0 Å². The van der Waals surface area contributed by atoms with E-state index in [1.54, 1.807) is 0 Å². The lowest BCUT2D eigenvalue weighted by atomic mass is 10.3. The summed E-state index contributed by atoms with van der Waals surface area (Å²) in [5.41, 5.74) is 0. The van der Waals surface area contributed by atoms with Crippen LogP contribution in [0.15, 0.2) is 91.0 Å². The molecule has 0 heterocycles. The summed E-state index contributed by atoms with van der Waals surface area (Å²) in [5, 5.41) is 4.41. The Kier molecular flexibility index (Phi) is 9.30. The molecular formula is C25H32BrOPSi. The second-order valence-electron chi connectivity index (χ2n) is 8.21. The molecule has 0 aliphatic heterocycles. The van der Waals surface area contributed by atoms with Crippen molar-refractivity contribution in [3.05, 3.63) is 91.0 Å². The molecule has 0 spiro atoms. The van der Waals surface area contributed by atoms with E-state index in [-0.39, 0.29) is 17.0 Å². The highest BCUT2D eigenvalue weighted by molar-refractivity contribution is 7.95. The maximum Gasteiger partial charge on any atom is 0.183 e. The minimum absolute atomic E-state index is 0. The molecule has 1 nitrogen and oxygen atoms in total. The van der Waals surface area contributed by atoms with Gasteiger partial charge in [0.2, 0.25) is 0 Å². The van der Waals surface area contributed by atoms with Crippen LogP contribution in [-0.4, -0.2) is 21.1 Å². The number of benzene rings is 3. The number of halogens is 1. The van der Waals surface area contributed by atoms with Gasteiger partial charge in [-0.2, -0.15) is 0 Å². The number of hydrogen-bond acceptors (Lipinski definition) is 1. The van der Waals surface area contributed by atoms with Gasteiger partial charge in [0.1, 0.15) is 23.2 Å². The summed E-state index contributed by atoms with van der Waals surface area (Å²) in [6.45, 7) is 7.68. The third-order valence-corrected chi connectivity index (χ3v) is 10.6. The summed E-state index contributed by atoms with van der Waals surface area (Å²) in [4.78, 5) is 0. The molecule has 4 heteroatoms. The predicted octanol–water partition coefficient (Wildman–Crippen LogP) is 2.62. The highest BCUT2D eigenvalue weighted by atomic mass is 79.9. The van der Waals surface area contributed by atoms with E-state index in [1.165, 1.54) is 28.5 Å². The van der Waals surface area contributed by atoms with Gasteiger partial charge in [-0.25, -0.2) is 0 Å². The van der Waals surface area contributed by atoms with E-state index < -0.39 is 15.6 Å². The molecule has 29 heavy (non-hydrogen) atoms. The summed E-state index contributed by atoms with van der Waals surface area (Å²) < 4.78 is 6.11. The Labute approximate surface area is 188 Å². The zero-order valence-electron chi connectivity index (χ0n) is 17.7. The minimum atomic E-state index is -1.68. The Morgan fingerprint density at radius 1 is 0.621 bits per heavy atom. The zero-order valence-corrected chi connectivity index (χ0v) is 21.2. The Morgan fingerprint density at radius 3 is 1.34 bits per heavy atom. The monoisotopic (exact) mass is 486 g/mol. The average molecular weight is 487 g/mol. The third-order valence-electron chi connectivity index (χ3n) is 5.01. The summed E-state index contributed by atoms with van der Waals surface area (Å²) in [6, 6.07) is 33.4. The fourth-order valence-electron chi connectivity index (χ4n) is 3.71. The molecule has 0 aliphatic carbocycles. The van der Waals surface area contributed by atoms with Crippen molar-refractivity contribution in [3.63, 3.8) is 0 Å². The molecule has 0 atom stereocenters. The van der Waals surface area contributed by atoms with Crippen LogP contribution in [0.25, 0.3) is 0 Å². The number of rotatable bonds is 9. The van der Waals surface area contributed by atoms with Gasteiger partial charge in [-0.3, -0.25) is 0 Å². The Bertz CT molecular complexity index is 738. The van der Waals surface area contributed by atoms with Crippen molar-refractivity contribution >= 4 is 31.5 Å². The topological polar surface area (TPSA) is 9.23 Å². The van der Waals surface area contributed by atoms with Gasteiger partial charge < -0.3 is 21.4 Å². The van der Waals surface area contributed by atoms with E-state index in [0.717, 1.165) is 13.0 Å². The smallest absolute Gasteiger partial charge is 0.183 e. The van der Waals surface area contributed by atoms with E-state index in [1.807, 2.05) is 0 Å². The van der Waals surface area contributed by atoms with Crippen LogP contribution < -0.4 is 32.9 Å². The summed E-state index contributed by atoms with van der Waals surface area (Å²) >= 11 is 0. The first kappa shape index (κ1) is 24.0. The van der Waals surface area contributed by atoms with Crippen LogP contribution >= 0.6 is 7.26 Å². The van der Waals surface area contributed by atoms with Gasteiger partial charge in [-0.15, -0.1) is 0 Å². The van der Waals surface area contributed by atoms with Crippen LogP contribution in [0.4, 0.5) is 0 Å². The third kappa shape index (κ3) is 6.36. The molecule has 3 aromatic carbocycles. The van der Waals surface area contributed by atoms with E-state index >= 15 is 0 Å². The van der Waals surface area contributed by atoms with Gasteiger partial charge >= 0.3 is 0 Å². The molecule has 0 aromatic heterocycles. The second kappa shape index (κ2) is 11.2. The quantitative estimate of drug-likeness (QED) is 0.256. The van der Waals surface area contributed by atoms with Gasteiger partial charge in [-0.05, 0) is 68.9 Å². The molecule has 0 N–H and O–H groups in total. The molecule has 0 fully saturated rings. The van der Waals surface area contributed by atoms with Crippen molar-refractivity contribution in [2.24, 2.45) is 0 Å².